The average molecular weight is 482 g/mol. The van der Waals surface area contributed by atoms with E-state index in [4.69, 9.17) is 11.6 Å². The number of imide groups is 1. The molecule has 0 bridgehead atoms. The summed E-state index contributed by atoms with van der Waals surface area (Å²) in [7, 11) is 0. The molecule has 0 atom stereocenters. The zero-order chi connectivity index (χ0) is 21.1. The fraction of sp³-hybridized carbons (Fsp3) is 0.167. The summed E-state index contributed by atoms with van der Waals surface area (Å²) in [6.45, 7) is 0.317. The molecule has 9 nitrogen and oxygen atoms in total. The fourth-order valence-corrected chi connectivity index (χ4v) is 3.32. The molecule has 1 heterocycles. The van der Waals surface area contributed by atoms with Crippen LogP contribution >= 0.6 is 27.5 Å². The summed E-state index contributed by atoms with van der Waals surface area (Å²) in [5, 5.41) is 16.0. The maximum Gasteiger partial charge on any atom is 0.319 e. The molecule has 0 aromatic heterocycles. The summed E-state index contributed by atoms with van der Waals surface area (Å²) < 4.78 is 0.706. The lowest BCUT2D eigenvalue weighted by Gasteiger charge is -2.14. The minimum Gasteiger partial charge on any atom is -0.338 e. The van der Waals surface area contributed by atoms with Crippen molar-refractivity contribution in [2.24, 2.45) is 0 Å². The highest BCUT2D eigenvalue weighted by atomic mass is 79.9. The molecule has 0 saturated carbocycles. The van der Waals surface area contributed by atoms with E-state index in [9.17, 15) is 24.5 Å². The number of urea groups is 1. The van der Waals surface area contributed by atoms with Crippen LogP contribution in [0.4, 0.5) is 16.2 Å². The second-order valence-corrected chi connectivity index (χ2v) is 7.43. The van der Waals surface area contributed by atoms with Crippen LogP contribution in [0.5, 0.6) is 0 Å². The van der Waals surface area contributed by atoms with Gasteiger partial charge < -0.3 is 10.6 Å². The Morgan fingerprint density at radius 3 is 2.59 bits per heavy atom. The lowest BCUT2D eigenvalue weighted by atomic mass is 10.1. The third kappa shape index (κ3) is 4.54. The molecule has 150 valence electrons. The number of nitro groups is 1. The summed E-state index contributed by atoms with van der Waals surface area (Å²) >= 11 is 9.20. The number of benzene rings is 2. The number of anilines is 1. The van der Waals surface area contributed by atoms with Gasteiger partial charge in [-0.2, -0.15) is 0 Å². The molecule has 4 amide bonds. The van der Waals surface area contributed by atoms with Gasteiger partial charge in [0.2, 0.25) is 0 Å². The Labute approximate surface area is 178 Å². The van der Waals surface area contributed by atoms with Gasteiger partial charge in [0.1, 0.15) is 0 Å². The number of nitrogens with one attached hydrogen (secondary N) is 2. The monoisotopic (exact) mass is 480 g/mol. The Hall–Kier alpha value is -2.98. The second kappa shape index (κ2) is 8.58. The number of non-ortho nitro benzene ring substituents is 1. The number of nitrogens with zero attached hydrogens (tertiary/aromatic N) is 2. The Bertz CT molecular complexity index is 1030. The van der Waals surface area contributed by atoms with Gasteiger partial charge in [0.25, 0.3) is 17.5 Å². The molecular weight excluding hydrogens is 468 g/mol. The molecule has 2 aromatic rings. The zero-order valence-electron chi connectivity index (χ0n) is 14.8. The summed E-state index contributed by atoms with van der Waals surface area (Å²) in [6.07, 6.45) is 0.336. The number of hydrogen-bond donors (Lipinski definition) is 2. The highest BCUT2D eigenvalue weighted by molar-refractivity contribution is 9.10. The van der Waals surface area contributed by atoms with Crippen LogP contribution in [-0.4, -0.2) is 40.8 Å². The van der Waals surface area contributed by atoms with Crippen molar-refractivity contribution in [2.45, 2.75) is 6.42 Å². The minimum atomic E-state index is -0.612. The van der Waals surface area contributed by atoms with Crippen molar-refractivity contribution in [1.82, 2.24) is 10.2 Å². The zero-order valence-corrected chi connectivity index (χ0v) is 17.1. The lowest BCUT2D eigenvalue weighted by molar-refractivity contribution is -0.384. The van der Waals surface area contributed by atoms with E-state index in [0.29, 0.717) is 22.0 Å². The smallest absolute Gasteiger partial charge is 0.319 e. The molecule has 0 unspecified atom stereocenters. The lowest BCUT2D eigenvalue weighted by Crippen LogP contribution is -2.35. The van der Waals surface area contributed by atoms with E-state index in [1.54, 1.807) is 18.2 Å². The van der Waals surface area contributed by atoms with Crippen LogP contribution in [0.3, 0.4) is 0 Å². The van der Waals surface area contributed by atoms with Crippen LogP contribution in [0.1, 0.15) is 27.1 Å². The number of carbonyl (C=O) groups excluding carboxylic acids is 3. The van der Waals surface area contributed by atoms with Crippen molar-refractivity contribution in [3.63, 3.8) is 0 Å². The van der Waals surface area contributed by atoms with Crippen LogP contribution in [0.25, 0.3) is 0 Å². The molecule has 3 rings (SSSR count). The predicted molar refractivity (Wildman–Crippen MR) is 109 cm³/mol. The molecule has 0 spiro atoms. The van der Waals surface area contributed by atoms with E-state index in [1.165, 1.54) is 12.1 Å². The predicted octanol–water partition coefficient (Wildman–Crippen LogP) is 3.82. The maximum absolute atomic E-state index is 12.4. The van der Waals surface area contributed by atoms with Crippen molar-refractivity contribution < 1.29 is 19.3 Å². The standard InChI is InChI=1S/C18H14BrClN4O5/c19-10-2-4-12-13(8-10)17(26)23(16(12)25)7-1-6-21-18(27)22-15-9-11(24(28)29)3-5-14(15)20/h2-5,8-9H,1,6-7H2,(H2,21,22,27). The minimum absolute atomic E-state index is 0.101. The van der Waals surface area contributed by atoms with Crippen LogP contribution in [0.2, 0.25) is 5.02 Å². The van der Waals surface area contributed by atoms with Gasteiger partial charge in [0.05, 0.1) is 26.8 Å². The summed E-state index contributed by atoms with van der Waals surface area (Å²) in [5.74, 6) is -0.746. The molecule has 0 fully saturated rings. The van der Waals surface area contributed by atoms with Gasteiger partial charge in [-0.15, -0.1) is 0 Å². The first kappa shape index (κ1) is 20.7. The second-order valence-electron chi connectivity index (χ2n) is 6.11. The Morgan fingerprint density at radius 2 is 1.86 bits per heavy atom. The number of halogens is 2. The van der Waals surface area contributed by atoms with E-state index in [1.807, 2.05) is 0 Å². The van der Waals surface area contributed by atoms with Crippen molar-refractivity contribution in [2.75, 3.05) is 18.4 Å². The average Bonchev–Trinajstić information content (AvgIpc) is 2.90. The maximum atomic E-state index is 12.4. The molecule has 1 aliphatic rings. The molecule has 0 saturated heterocycles. The van der Waals surface area contributed by atoms with Crippen LogP contribution in [-0.2, 0) is 0 Å². The Kier molecular flexibility index (Phi) is 6.14. The fourth-order valence-electron chi connectivity index (χ4n) is 2.79. The van der Waals surface area contributed by atoms with Gasteiger partial charge >= 0.3 is 6.03 Å². The highest BCUT2D eigenvalue weighted by Gasteiger charge is 2.34. The molecule has 2 N–H and O–H groups in total. The Morgan fingerprint density at radius 1 is 1.14 bits per heavy atom. The van der Waals surface area contributed by atoms with E-state index in [2.05, 4.69) is 26.6 Å². The largest absolute Gasteiger partial charge is 0.338 e. The molecule has 0 aliphatic carbocycles. The van der Waals surface area contributed by atoms with E-state index < -0.39 is 11.0 Å². The number of rotatable bonds is 6. The number of hydrogen-bond acceptors (Lipinski definition) is 5. The first-order valence-electron chi connectivity index (χ1n) is 8.42. The molecule has 11 heteroatoms. The van der Waals surface area contributed by atoms with E-state index in [-0.39, 0.29) is 41.3 Å². The molecular formula is C18H14BrClN4O5. The van der Waals surface area contributed by atoms with Crippen LogP contribution in [0.15, 0.2) is 40.9 Å². The van der Waals surface area contributed by atoms with Crippen LogP contribution in [0, 0.1) is 10.1 Å². The third-order valence-electron chi connectivity index (χ3n) is 4.19. The Balaban J connectivity index is 1.51. The first-order valence-corrected chi connectivity index (χ1v) is 9.59. The van der Waals surface area contributed by atoms with Crippen molar-refractivity contribution in [3.8, 4) is 0 Å². The highest BCUT2D eigenvalue weighted by Crippen LogP contribution is 2.27. The van der Waals surface area contributed by atoms with Gasteiger partial charge in [-0.1, -0.05) is 27.5 Å². The summed E-state index contributed by atoms with van der Waals surface area (Å²) in [4.78, 5) is 48.0. The molecule has 29 heavy (non-hydrogen) atoms. The van der Waals surface area contributed by atoms with E-state index in [0.717, 1.165) is 11.0 Å². The van der Waals surface area contributed by atoms with Gasteiger partial charge in [0, 0.05) is 29.7 Å². The summed E-state index contributed by atoms with van der Waals surface area (Å²) in [5.41, 5.74) is 0.589. The first-order chi connectivity index (χ1) is 13.8. The number of amides is 4. The summed E-state index contributed by atoms with van der Waals surface area (Å²) in [6, 6.07) is 7.97. The quantitative estimate of drug-likeness (QED) is 0.281. The van der Waals surface area contributed by atoms with Crippen molar-refractivity contribution in [3.05, 3.63) is 67.1 Å². The normalized spacial score (nSPS) is 12.7. The topological polar surface area (TPSA) is 122 Å². The van der Waals surface area contributed by atoms with Gasteiger partial charge in [-0.3, -0.25) is 24.6 Å². The molecule has 2 aromatic carbocycles. The molecule has 1 aliphatic heterocycles. The van der Waals surface area contributed by atoms with Gasteiger partial charge in [-0.05, 0) is 30.7 Å². The number of carbonyl (C=O) groups is 3. The van der Waals surface area contributed by atoms with Gasteiger partial charge in [-0.25, -0.2) is 4.79 Å². The van der Waals surface area contributed by atoms with Crippen molar-refractivity contribution >= 4 is 56.8 Å². The molecule has 0 radical (unpaired) electrons. The van der Waals surface area contributed by atoms with Crippen LogP contribution < -0.4 is 10.6 Å². The number of fused-ring (bicyclic) bond motifs is 1. The third-order valence-corrected chi connectivity index (χ3v) is 5.01. The number of nitro benzene ring substituents is 1. The van der Waals surface area contributed by atoms with Crippen molar-refractivity contribution in [1.29, 1.82) is 0 Å². The van der Waals surface area contributed by atoms with E-state index >= 15 is 0 Å². The SMILES string of the molecule is O=C(NCCCN1C(=O)c2ccc(Br)cc2C1=O)Nc1cc([N+](=O)[O-])ccc1Cl. The van der Waals surface area contributed by atoms with Gasteiger partial charge in [0.15, 0.2) is 0 Å².